The lowest BCUT2D eigenvalue weighted by molar-refractivity contribution is -0.120. The van der Waals surface area contributed by atoms with E-state index in [0.29, 0.717) is 24.4 Å². The molecule has 1 aliphatic heterocycles. The second kappa shape index (κ2) is 10.9. The molecule has 5 nitrogen and oxygen atoms in total. The number of aromatic nitrogens is 1. The Morgan fingerprint density at radius 3 is 2.64 bits per heavy atom. The van der Waals surface area contributed by atoms with Crippen LogP contribution < -0.4 is 10.6 Å². The standard InChI is InChI=1S/C34H31N3O2/c1-3-27(24-10-5-4-6-11-24)25-14-15-28-26(21-25)17-18-35-33(28)31(38)19-23-13-16-30-32(20-23)39-34(37-30)36-29-12-8-7-9-22(29)2/h4-16,20-21,33,35H,1,3,17-19H2,2H3,(H,36,37). The Morgan fingerprint density at radius 1 is 1.00 bits per heavy atom. The molecule has 0 saturated heterocycles. The van der Waals surface area contributed by atoms with E-state index in [1.54, 1.807) is 0 Å². The van der Waals surface area contributed by atoms with E-state index in [0.717, 1.165) is 40.9 Å². The first-order valence-corrected chi connectivity index (χ1v) is 13.4. The van der Waals surface area contributed by atoms with Crippen molar-refractivity contribution < 1.29 is 9.21 Å². The average Bonchev–Trinajstić information content (AvgIpc) is 3.36. The van der Waals surface area contributed by atoms with Crippen LogP contribution in [0, 0.1) is 19.8 Å². The molecule has 0 bridgehead atoms. The third kappa shape index (κ3) is 5.23. The Labute approximate surface area is 229 Å². The number of carbonyl (C=O) groups is 1. The molecule has 0 spiro atoms. The fourth-order valence-electron chi connectivity index (χ4n) is 5.40. The Morgan fingerprint density at radius 2 is 1.82 bits per heavy atom. The van der Waals surface area contributed by atoms with Crippen LogP contribution in [0.1, 0.15) is 45.8 Å². The number of para-hydroxylation sites is 1. The Bertz CT molecular complexity index is 1620. The zero-order valence-electron chi connectivity index (χ0n) is 22.0. The van der Waals surface area contributed by atoms with Crippen molar-refractivity contribution in [1.29, 1.82) is 0 Å². The van der Waals surface area contributed by atoms with Crippen LogP contribution in [0.4, 0.5) is 11.7 Å². The number of anilines is 2. The lowest BCUT2D eigenvalue weighted by atomic mass is 9.83. The molecule has 1 aromatic heterocycles. The molecular formula is C34H31N3O2. The summed E-state index contributed by atoms with van der Waals surface area (Å²) in [6.07, 6.45) is 1.92. The van der Waals surface area contributed by atoms with Gasteiger partial charge in [-0.2, -0.15) is 4.98 Å². The molecule has 39 heavy (non-hydrogen) atoms. The summed E-state index contributed by atoms with van der Waals surface area (Å²) in [5.41, 5.74) is 9.05. The topological polar surface area (TPSA) is 67.2 Å². The van der Waals surface area contributed by atoms with Crippen LogP contribution in [-0.2, 0) is 17.6 Å². The highest BCUT2D eigenvalue weighted by Gasteiger charge is 2.27. The van der Waals surface area contributed by atoms with Gasteiger partial charge in [-0.15, -0.1) is 0 Å². The van der Waals surface area contributed by atoms with E-state index in [1.165, 1.54) is 22.6 Å². The summed E-state index contributed by atoms with van der Waals surface area (Å²) < 4.78 is 5.98. The maximum Gasteiger partial charge on any atom is 0.300 e. The quantitative estimate of drug-likeness (QED) is 0.232. The number of nitrogens with zero attached hydrogens (tertiary/aromatic N) is 1. The number of benzene rings is 4. The van der Waals surface area contributed by atoms with Gasteiger partial charge in [-0.25, -0.2) is 0 Å². The molecule has 2 heterocycles. The predicted molar refractivity (Wildman–Crippen MR) is 156 cm³/mol. The minimum atomic E-state index is -0.327. The number of oxazole rings is 1. The first-order valence-electron chi connectivity index (χ1n) is 13.4. The van der Waals surface area contributed by atoms with Gasteiger partial charge in [0.05, 0.1) is 6.04 Å². The highest BCUT2D eigenvalue weighted by atomic mass is 16.4. The molecule has 0 amide bonds. The SMILES string of the molecule is [CH2]C[C](c1ccccc1)c1ccc2c(c1)CCNC2C(=O)Cc1ccc2nc(Nc3ccccc3C)oc2c1. The molecule has 5 aromatic rings. The second-order valence-electron chi connectivity index (χ2n) is 10.0. The van der Waals surface area contributed by atoms with E-state index in [2.05, 4.69) is 65.0 Å². The summed E-state index contributed by atoms with van der Waals surface area (Å²) >= 11 is 0. The molecule has 1 atom stereocenters. The fourth-order valence-corrected chi connectivity index (χ4v) is 5.40. The number of aryl methyl sites for hydroxylation is 1. The third-order valence-corrected chi connectivity index (χ3v) is 7.46. The van der Waals surface area contributed by atoms with Crippen LogP contribution in [-0.4, -0.2) is 17.3 Å². The van der Waals surface area contributed by atoms with Gasteiger partial charge >= 0.3 is 0 Å². The minimum absolute atomic E-state index is 0.144. The van der Waals surface area contributed by atoms with Crippen molar-refractivity contribution in [2.24, 2.45) is 0 Å². The number of fused-ring (bicyclic) bond motifs is 2. The lowest BCUT2D eigenvalue weighted by Crippen LogP contribution is -2.36. The number of ketones is 1. The minimum Gasteiger partial charge on any atom is -0.423 e. The number of Topliss-reactive ketones (excluding diaryl/α,β-unsaturated/α-hetero) is 1. The molecule has 0 aliphatic carbocycles. The van der Waals surface area contributed by atoms with Crippen LogP contribution in [0.15, 0.2) is 95.4 Å². The highest BCUT2D eigenvalue weighted by molar-refractivity contribution is 5.89. The van der Waals surface area contributed by atoms with Crippen LogP contribution in [0.2, 0.25) is 0 Å². The van der Waals surface area contributed by atoms with Gasteiger partial charge in [0, 0.05) is 24.6 Å². The number of nitrogens with one attached hydrogen (secondary N) is 2. The molecule has 6 rings (SSSR count). The van der Waals surface area contributed by atoms with Crippen molar-refractivity contribution in [3.63, 3.8) is 0 Å². The third-order valence-electron chi connectivity index (χ3n) is 7.46. The van der Waals surface area contributed by atoms with E-state index < -0.39 is 0 Å². The van der Waals surface area contributed by atoms with Crippen molar-refractivity contribution in [2.75, 3.05) is 11.9 Å². The summed E-state index contributed by atoms with van der Waals surface area (Å²) in [4.78, 5) is 18.1. The van der Waals surface area contributed by atoms with Crippen LogP contribution in [0.3, 0.4) is 0 Å². The Kier molecular flexibility index (Phi) is 6.99. The summed E-state index contributed by atoms with van der Waals surface area (Å²) in [6.45, 7) is 6.98. The maximum atomic E-state index is 13.5. The number of hydrogen-bond donors (Lipinski definition) is 2. The summed E-state index contributed by atoms with van der Waals surface area (Å²) in [5.74, 6) is 1.36. The number of rotatable bonds is 8. The smallest absolute Gasteiger partial charge is 0.300 e. The first kappa shape index (κ1) is 25.1. The highest BCUT2D eigenvalue weighted by Crippen LogP contribution is 2.32. The molecule has 1 unspecified atom stereocenters. The summed E-state index contributed by atoms with van der Waals surface area (Å²) in [6, 6.07) is 30.8. The van der Waals surface area contributed by atoms with Crippen molar-refractivity contribution in [3.8, 4) is 0 Å². The van der Waals surface area contributed by atoms with Gasteiger partial charge in [-0.05, 0) is 71.3 Å². The van der Waals surface area contributed by atoms with Crippen molar-refractivity contribution in [2.45, 2.75) is 32.2 Å². The van der Waals surface area contributed by atoms with Crippen molar-refractivity contribution in [3.05, 3.63) is 137 Å². The largest absolute Gasteiger partial charge is 0.423 e. The van der Waals surface area contributed by atoms with Gasteiger partial charge in [-0.3, -0.25) is 4.79 Å². The molecule has 194 valence electrons. The predicted octanol–water partition coefficient (Wildman–Crippen LogP) is 7.07. The van der Waals surface area contributed by atoms with Gasteiger partial charge in [0.2, 0.25) is 0 Å². The molecule has 2 N–H and O–H groups in total. The molecule has 5 heteroatoms. The first-order chi connectivity index (χ1) is 19.1. The molecule has 0 fully saturated rings. The molecule has 4 aromatic carbocycles. The molecule has 0 saturated carbocycles. The molecule has 2 radical (unpaired) electrons. The average molecular weight is 514 g/mol. The van der Waals surface area contributed by atoms with Gasteiger partial charge in [0.25, 0.3) is 6.01 Å². The van der Waals surface area contributed by atoms with Gasteiger partial charge in [-0.1, -0.05) is 79.7 Å². The van der Waals surface area contributed by atoms with Crippen LogP contribution in [0.25, 0.3) is 11.1 Å². The second-order valence-corrected chi connectivity index (χ2v) is 10.0. The zero-order chi connectivity index (χ0) is 26.8. The van der Waals surface area contributed by atoms with E-state index in [-0.39, 0.29) is 11.8 Å². The van der Waals surface area contributed by atoms with Gasteiger partial charge in [0.1, 0.15) is 5.52 Å². The van der Waals surface area contributed by atoms with E-state index in [9.17, 15) is 4.79 Å². The zero-order valence-corrected chi connectivity index (χ0v) is 22.0. The van der Waals surface area contributed by atoms with Crippen molar-refractivity contribution >= 4 is 28.6 Å². The Balaban J connectivity index is 1.20. The van der Waals surface area contributed by atoms with Gasteiger partial charge < -0.3 is 15.1 Å². The lowest BCUT2D eigenvalue weighted by Gasteiger charge is -2.27. The van der Waals surface area contributed by atoms with Gasteiger partial charge in [0.15, 0.2) is 11.4 Å². The van der Waals surface area contributed by atoms with E-state index in [1.807, 2.05) is 55.5 Å². The number of carbonyl (C=O) groups excluding carboxylic acids is 1. The van der Waals surface area contributed by atoms with Crippen LogP contribution >= 0.6 is 0 Å². The maximum absolute atomic E-state index is 13.5. The van der Waals surface area contributed by atoms with E-state index in [4.69, 9.17) is 4.42 Å². The van der Waals surface area contributed by atoms with E-state index >= 15 is 0 Å². The summed E-state index contributed by atoms with van der Waals surface area (Å²) in [5, 5.41) is 6.70. The molecular weight excluding hydrogens is 482 g/mol. The fraction of sp³-hybridized carbons (Fsp3) is 0.176. The van der Waals surface area contributed by atoms with Crippen molar-refractivity contribution in [1.82, 2.24) is 10.3 Å². The summed E-state index contributed by atoms with van der Waals surface area (Å²) in [7, 11) is 0. The monoisotopic (exact) mass is 513 g/mol. The number of hydrogen-bond acceptors (Lipinski definition) is 5. The molecule has 1 aliphatic rings. The normalized spacial score (nSPS) is 14.9. The Hall–Kier alpha value is -4.22. The van der Waals surface area contributed by atoms with Crippen LogP contribution in [0.5, 0.6) is 0 Å².